The van der Waals surface area contributed by atoms with Crippen LogP contribution in [0.5, 0.6) is 0 Å². The summed E-state index contributed by atoms with van der Waals surface area (Å²) in [5, 5.41) is 25.7. The lowest BCUT2D eigenvalue weighted by Crippen LogP contribution is -2.69. The molecule has 1 fully saturated rings. The van der Waals surface area contributed by atoms with Crippen LogP contribution in [-0.2, 0) is 9.59 Å². The normalized spacial score (nSPS) is 21.3. The van der Waals surface area contributed by atoms with E-state index in [1.54, 1.807) is 6.20 Å². The summed E-state index contributed by atoms with van der Waals surface area (Å²) in [6.45, 7) is 1.85. The summed E-state index contributed by atoms with van der Waals surface area (Å²) in [5.74, 6) is -0.410. The van der Waals surface area contributed by atoms with Gasteiger partial charge in [-0.05, 0) is 12.5 Å². The summed E-state index contributed by atoms with van der Waals surface area (Å²) in [4.78, 5) is 31.0. The monoisotopic (exact) mass is 467 g/mol. The molecule has 14 heteroatoms. The zero-order chi connectivity index (χ0) is 20.7. The van der Waals surface area contributed by atoms with Crippen LogP contribution in [0.4, 0.5) is 5.13 Å². The molecule has 2 atom stereocenters. The number of nitrogens with one attached hydrogen (secondary N) is 1. The minimum atomic E-state index is -0.740. The van der Waals surface area contributed by atoms with Gasteiger partial charge in [-0.15, -0.1) is 33.3 Å². The van der Waals surface area contributed by atoms with Crippen LogP contribution in [-0.4, -0.2) is 64.8 Å². The second-order valence-corrected chi connectivity index (χ2v) is 9.61. The third-order valence-electron chi connectivity index (χ3n) is 4.16. The Hall–Kier alpha value is -2.42. The minimum absolute atomic E-state index is 0.146. The molecule has 0 aliphatic carbocycles. The van der Waals surface area contributed by atoms with Crippen molar-refractivity contribution < 1.29 is 14.8 Å². The van der Waals surface area contributed by atoms with E-state index in [0.717, 1.165) is 21.9 Å². The highest BCUT2D eigenvalue weighted by molar-refractivity contribution is 8.00. The molecule has 29 heavy (non-hydrogen) atoms. The molecule has 10 nitrogen and oxygen atoms in total. The maximum Gasteiger partial charge on any atom is 0.276 e. The summed E-state index contributed by atoms with van der Waals surface area (Å²) in [5.41, 5.74) is 6.21. The molecule has 0 aromatic carbocycles. The maximum absolute atomic E-state index is 12.5. The number of thioether (sulfide) groups is 1. The Balaban J connectivity index is 1.44. The van der Waals surface area contributed by atoms with Gasteiger partial charge in [-0.1, -0.05) is 28.7 Å². The zero-order valence-corrected chi connectivity index (χ0v) is 18.0. The summed E-state index contributed by atoms with van der Waals surface area (Å²) in [7, 11) is 0. The van der Waals surface area contributed by atoms with E-state index in [1.807, 2.05) is 6.92 Å². The first-order valence-corrected chi connectivity index (χ1v) is 11.3. The van der Waals surface area contributed by atoms with E-state index in [2.05, 4.69) is 25.7 Å². The number of amides is 2. The molecular weight excluding hydrogens is 454 g/mol. The summed E-state index contributed by atoms with van der Waals surface area (Å²) in [6, 6.07) is -0.740. The Bertz CT molecular complexity index is 1080. The molecule has 0 bridgehead atoms. The Morgan fingerprint density at radius 3 is 2.90 bits per heavy atom. The Kier molecular flexibility index (Phi) is 5.33. The fourth-order valence-corrected chi connectivity index (χ4v) is 5.65. The molecule has 2 aromatic rings. The van der Waals surface area contributed by atoms with E-state index in [-0.39, 0.29) is 27.8 Å². The van der Waals surface area contributed by atoms with Gasteiger partial charge < -0.3 is 21.2 Å². The molecule has 1 saturated heterocycles. The number of nitrogen functional groups attached to an aromatic ring is 1. The van der Waals surface area contributed by atoms with Gasteiger partial charge in [-0.2, -0.15) is 0 Å². The van der Waals surface area contributed by atoms with Crippen LogP contribution < -0.4 is 11.1 Å². The number of hydrogen-bond donors (Lipinski definition) is 3. The van der Waals surface area contributed by atoms with Gasteiger partial charge >= 0.3 is 0 Å². The van der Waals surface area contributed by atoms with Crippen molar-refractivity contribution in [1.29, 1.82) is 0 Å². The second kappa shape index (κ2) is 7.78. The van der Waals surface area contributed by atoms with Gasteiger partial charge in [0.2, 0.25) is 0 Å². The van der Waals surface area contributed by atoms with E-state index in [4.69, 9.17) is 18.0 Å². The van der Waals surface area contributed by atoms with Gasteiger partial charge in [0.15, 0.2) is 15.9 Å². The number of anilines is 1. The van der Waals surface area contributed by atoms with Crippen molar-refractivity contribution in [2.24, 2.45) is 5.16 Å². The molecule has 2 aliphatic rings. The Morgan fingerprint density at radius 1 is 1.48 bits per heavy atom. The number of thiazole rings is 1. The number of carbonyl (C=O) groups is 2. The van der Waals surface area contributed by atoms with Gasteiger partial charge in [0, 0.05) is 17.3 Å². The van der Waals surface area contributed by atoms with Crippen molar-refractivity contribution in [2.45, 2.75) is 18.3 Å². The molecule has 150 valence electrons. The van der Waals surface area contributed by atoms with Gasteiger partial charge in [0.25, 0.3) is 11.8 Å². The SMILES string of the molecule is Cc1nnc(C(=S)C2=CN3C(=O)[C@@H](NC(=O)/C(=N\O)c4csc(N)n4)[C@@H]3SC2)s1. The van der Waals surface area contributed by atoms with E-state index < -0.39 is 11.9 Å². The first-order chi connectivity index (χ1) is 13.9. The quantitative estimate of drug-likeness (QED) is 0.145. The number of nitrogens with two attached hydrogens (primary N) is 1. The van der Waals surface area contributed by atoms with Gasteiger partial charge in [0.1, 0.15) is 22.1 Å². The van der Waals surface area contributed by atoms with Crippen LogP contribution in [0.15, 0.2) is 22.3 Å². The molecule has 0 unspecified atom stereocenters. The standard InChI is InChI=1S/C15H13N7O3S4/c1-5-19-20-12(29-5)10(26)6-2-22-13(24)9(14(22)27-3-6)18-11(23)8(21-25)7-4-28-15(16)17-7/h2,4,9,14,25H,3H2,1H3,(H2,16,17)(H,18,23)/b21-8-/t9-,14+/m1/s1. The molecule has 2 aliphatic heterocycles. The number of hydrogen-bond acceptors (Lipinski definition) is 12. The number of rotatable bonds is 5. The van der Waals surface area contributed by atoms with Crippen LogP contribution in [0.1, 0.15) is 15.7 Å². The Morgan fingerprint density at radius 2 is 2.28 bits per heavy atom. The van der Waals surface area contributed by atoms with Gasteiger partial charge in [0.05, 0.1) is 4.86 Å². The highest BCUT2D eigenvalue weighted by atomic mass is 32.2. The smallest absolute Gasteiger partial charge is 0.276 e. The number of aryl methyl sites for hydroxylation is 1. The number of thiocarbonyl (C=S) groups is 1. The molecule has 2 aromatic heterocycles. The van der Waals surface area contributed by atoms with E-state index in [1.165, 1.54) is 33.4 Å². The lowest BCUT2D eigenvalue weighted by atomic mass is 10.1. The third kappa shape index (κ3) is 3.63. The lowest BCUT2D eigenvalue weighted by Gasteiger charge is -2.47. The van der Waals surface area contributed by atoms with Crippen molar-refractivity contribution >= 4 is 74.2 Å². The van der Waals surface area contributed by atoms with Crippen molar-refractivity contribution in [3.8, 4) is 0 Å². The molecule has 0 saturated carbocycles. The second-order valence-electron chi connectivity index (χ2n) is 6.03. The molecule has 4 rings (SSSR count). The van der Waals surface area contributed by atoms with Crippen molar-refractivity contribution in [1.82, 2.24) is 25.4 Å². The fraction of sp³-hybridized carbons (Fsp3) is 0.267. The van der Waals surface area contributed by atoms with E-state index >= 15 is 0 Å². The maximum atomic E-state index is 12.5. The molecule has 4 heterocycles. The van der Waals surface area contributed by atoms with Crippen molar-refractivity contribution in [2.75, 3.05) is 11.5 Å². The molecular formula is C15H13N7O3S4. The van der Waals surface area contributed by atoms with E-state index in [9.17, 15) is 14.8 Å². The molecule has 0 spiro atoms. The zero-order valence-electron chi connectivity index (χ0n) is 14.7. The molecule has 4 N–H and O–H groups in total. The summed E-state index contributed by atoms with van der Waals surface area (Å²) in [6.07, 6.45) is 1.70. The van der Waals surface area contributed by atoms with Gasteiger partial charge in [-0.25, -0.2) is 4.98 Å². The fourth-order valence-electron chi connectivity index (χ4n) is 2.78. The minimum Gasteiger partial charge on any atom is -0.410 e. The Labute approximate surface area is 181 Å². The third-order valence-corrected chi connectivity index (χ3v) is 7.60. The highest BCUT2D eigenvalue weighted by Crippen LogP contribution is 2.37. The van der Waals surface area contributed by atoms with Crippen molar-refractivity contribution in [3.63, 3.8) is 0 Å². The number of oxime groups is 1. The summed E-state index contributed by atoms with van der Waals surface area (Å²) < 4.78 is 0. The average molecular weight is 468 g/mol. The molecule has 2 amide bonds. The largest absolute Gasteiger partial charge is 0.410 e. The first kappa shape index (κ1) is 19.9. The van der Waals surface area contributed by atoms with Crippen LogP contribution in [0.2, 0.25) is 0 Å². The lowest BCUT2D eigenvalue weighted by molar-refractivity contribution is -0.143. The van der Waals surface area contributed by atoms with Crippen LogP contribution in [0, 0.1) is 6.92 Å². The predicted octanol–water partition coefficient (Wildman–Crippen LogP) is 0.766. The van der Waals surface area contributed by atoms with Crippen LogP contribution >= 0.6 is 46.7 Å². The van der Waals surface area contributed by atoms with E-state index in [0.29, 0.717) is 15.6 Å². The number of fused-ring (bicyclic) bond motifs is 1. The molecule has 0 radical (unpaired) electrons. The average Bonchev–Trinajstić information content (AvgIpc) is 3.34. The highest BCUT2D eigenvalue weighted by Gasteiger charge is 2.50. The topological polar surface area (TPSA) is 147 Å². The first-order valence-electron chi connectivity index (χ1n) is 8.12. The van der Waals surface area contributed by atoms with Crippen molar-refractivity contribution in [3.05, 3.63) is 32.9 Å². The predicted molar refractivity (Wildman–Crippen MR) is 114 cm³/mol. The van der Waals surface area contributed by atoms with Crippen LogP contribution in [0.3, 0.4) is 0 Å². The summed E-state index contributed by atoms with van der Waals surface area (Å²) >= 11 is 9.46. The number of nitrogens with zero attached hydrogens (tertiary/aromatic N) is 5. The number of aromatic nitrogens is 3. The number of carbonyl (C=O) groups excluding carboxylic acids is 2. The number of β-lactam (4-membered cyclic amide) rings is 1. The van der Waals surface area contributed by atoms with Gasteiger partial charge in [-0.3, -0.25) is 9.59 Å². The van der Waals surface area contributed by atoms with Crippen LogP contribution in [0.25, 0.3) is 0 Å².